The first-order chi connectivity index (χ1) is 9.78. The molecule has 0 radical (unpaired) electrons. The minimum atomic E-state index is 1.14. The van der Waals surface area contributed by atoms with E-state index in [4.69, 9.17) is 0 Å². The smallest absolute Gasteiger partial charge is 0.0457 e. The van der Waals surface area contributed by atoms with E-state index in [0.29, 0.717) is 0 Å². The molecule has 1 aromatic carbocycles. The van der Waals surface area contributed by atoms with Crippen LogP contribution in [0.4, 0.5) is 0 Å². The normalized spacial score (nSPS) is 11.6. The van der Waals surface area contributed by atoms with Gasteiger partial charge >= 0.3 is 0 Å². The fraction of sp³-hybridized carbons (Fsp3) is 0.529. The molecule has 0 fully saturated rings. The molecule has 1 heterocycles. The van der Waals surface area contributed by atoms with Gasteiger partial charge in [-0.25, -0.2) is 0 Å². The lowest BCUT2D eigenvalue weighted by molar-refractivity contribution is 0.278. The van der Waals surface area contributed by atoms with Crippen LogP contribution in [0.5, 0.6) is 0 Å². The molecule has 0 bridgehead atoms. The van der Waals surface area contributed by atoms with Crippen LogP contribution in [-0.4, -0.2) is 35.8 Å². The van der Waals surface area contributed by atoms with Gasteiger partial charge in [0.25, 0.3) is 0 Å². The van der Waals surface area contributed by atoms with Gasteiger partial charge in [0, 0.05) is 28.5 Å². The summed E-state index contributed by atoms with van der Waals surface area (Å²) >= 11 is 1.81. The van der Waals surface area contributed by atoms with Gasteiger partial charge in [-0.3, -0.25) is 0 Å². The van der Waals surface area contributed by atoms with E-state index >= 15 is 0 Å². The van der Waals surface area contributed by atoms with Crippen molar-refractivity contribution in [1.82, 2.24) is 9.88 Å². The molecule has 0 spiro atoms. The van der Waals surface area contributed by atoms with Crippen LogP contribution in [0.3, 0.4) is 0 Å². The molecule has 1 aromatic heterocycles. The lowest BCUT2D eigenvalue weighted by Crippen LogP contribution is -2.27. The molecule has 0 aliphatic rings. The zero-order chi connectivity index (χ0) is 14.4. The highest BCUT2D eigenvalue weighted by Gasteiger charge is 2.07. The Morgan fingerprint density at radius 2 is 1.85 bits per heavy atom. The number of rotatable bonds is 8. The molecule has 0 amide bonds. The van der Waals surface area contributed by atoms with Crippen LogP contribution >= 0.6 is 11.8 Å². The van der Waals surface area contributed by atoms with Gasteiger partial charge in [0.1, 0.15) is 0 Å². The lowest BCUT2D eigenvalue weighted by atomic mass is 10.1. The number of fused-ring (bicyclic) bond motifs is 1. The first-order valence-corrected chi connectivity index (χ1v) is 8.87. The number of nitrogens with zero attached hydrogens (tertiary/aromatic N) is 1. The Bertz CT molecular complexity index is 527. The third-order valence-corrected chi connectivity index (χ3v) is 4.48. The molecule has 110 valence electrons. The van der Waals surface area contributed by atoms with Gasteiger partial charge in [-0.05, 0) is 62.4 Å². The quantitative estimate of drug-likeness (QED) is 0.719. The van der Waals surface area contributed by atoms with E-state index in [2.05, 4.69) is 54.4 Å². The van der Waals surface area contributed by atoms with E-state index in [9.17, 15) is 0 Å². The molecular formula is C17H26N2S. The molecule has 0 atom stereocenters. The standard InChI is InChI=1S/C17H26N2S/c1-4-9-19(10-5-2)11-8-14-13-18-17-7-6-15(20-3)12-16(14)17/h6-7,12-13,18H,4-5,8-11H2,1-3H3. The third kappa shape index (κ3) is 3.80. The van der Waals surface area contributed by atoms with E-state index in [1.54, 1.807) is 0 Å². The fourth-order valence-corrected chi connectivity index (χ4v) is 3.18. The van der Waals surface area contributed by atoms with Gasteiger partial charge in [-0.1, -0.05) is 13.8 Å². The van der Waals surface area contributed by atoms with Crippen molar-refractivity contribution in [3.05, 3.63) is 30.0 Å². The van der Waals surface area contributed by atoms with Crippen LogP contribution in [0, 0.1) is 0 Å². The highest BCUT2D eigenvalue weighted by Crippen LogP contribution is 2.24. The van der Waals surface area contributed by atoms with E-state index in [0.717, 1.165) is 13.0 Å². The molecular weight excluding hydrogens is 264 g/mol. The van der Waals surface area contributed by atoms with Crippen LogP contribution in [0.2, 0.25) is 0 Å². The van der Waals surface area contributed by atoms with Gasteiger partial charge in [-0.15, -0.1) is 11.8 Å². The molecule has 1 N–H and O–H groups in total. The van der Waals surface area contributed by atoms with Crippen LogP contribution < -0.4 is 0 Å². The predicted molar refractivity (Wildman–Crippen MR) is 90.8 cm³/mol. The van der Waals surface area contributed by atoms with Crippen molar-refractivity contribution in [1.29, 1.82) is 0 Å². The number of nitrogens with one attached hydrogen (secondary N) is 1. The zero-order valence-electron chi connectivity index (χ0n) is 12.9. The fourth-order valence-electron chi connectivity index (χ4n) is 2.74. The molecule has 3 heteroatoms. The monoisotopic (exact) mass is 290 g/mol. The van der Waals surface area contributed by atoms with Gasteiger partial charge in [0.05, 0.1) is 0 Å². The second-order valence-corrected chi connectivity index (χ2v) is 6.20. The van der Waals surface area contributed by atoms with Crippen LogP contribution in [0.1, 0.15) is 32.3 Å². The van der Waals surface area contributed by atoms with E-state index in [-0.39, 0.29) is 0 Å². The Hall–Kier alpha value is -0.930. The van der Waals surface area contributed by atoms with E-state index in [1.165, 1.54) is 47.3 Å². The van der Waals surface area contributed by atoms with E-state index < -0.39 is 0 Å². The SMILES string of the molecule is CCCN(CCC)CCc1c[nH]c2ccc(SC)cc12. The summed E-state index contributed by atoms with van der Waals surface area (Å²) in [7, 11) is 0. The second kappa shape index (κ2) is 7.75. The Balaban J connectivity index is 2.08. The van der Waals surface area contributed by atoms with Crippen molar-refractivity contribution in [3.8, 4) is 0 Å². The van der Waals surface area contributed by atoms with Crippen molar-refractivity contribution < 1.29 is 0 Å². The Morgan fingerprint density at radius 1 is 1.10 bits per heavy atom. The Morgan fingerprint density at radius 3 is 2.50 bits per heavy atom. The summed E-state index contributed by atoms with van der Waals surface area (Å²) < 4.78 is 0. The van der Waals surface area contributed by atoms with Crippen molar-refractivity contribution in [3.63, 3.8) is 0 Å². The summed E-state index contributed by atoms with van der Waals surface area (Å²) in [5.74, 6) is 0. The Kier molecular flexibility index (Phi) is 5.99. The molecule has 0 unspecified atom stereocenters. The number of hydrogen-bond donors (Lipinski definition) is 1. The van der Waals surface area contributed by atoms with Crippen LogP contribution in [0.25, 0.3) is 10.9 Å². The maximum atomic E-state index is 3.40. The summed E-state index contributed by atoms with van der Waals surface area (Å²) in [6.07, 6.45) is 7.94. The number of H-pyrrole nitrogens is 1. The average Bonchev–Trinajstić information content (AvgIpc) is 2.87. The van der Waals surface area contributed by atoms with Crippen molar-refractivity contribution in [2.75, 3.05) is 25.9 Å². The third-order valence-electron chi connectivity index (χ3n) is 3.75. The Labute approximate surface area is 126 Å². The summed E-state index contributed by atoms with van der Waals surface area (Å²) in [5.41, 5.74) is 2.71. The average molecular weight is 290 g/mol. The summed E-state index contributed by atoms with van der Waals surface area (Å²) in [4.78, 5) is 7.32. The molecule has 0 saturated heterocycles. The van der Waals surface area contributed by atoms with Crippen molar-refractivity contribution in [2.24, 2.45) is 0 Å². The summed E-state index contributed by atoms with van der Waals surface area (Å²) in [5, 5.41) is 1.39. The van der Waals surface area contributed by atoms with Gasteiger partial charge in [-0.2, -0.15) is 0 Å². The molecule has 2 aromatic rings. The number of hydrogen-bond acceptors (Lipinski definition) is 2. The lowest BCUT2D eigenvalue weighted by Gasteiger charge is -2.20. The predicted octanol–water partition coefficient (Wildman–Crippen LogP) is 4.55. The maximum Gasteiger partial charge on any atom is 0.0457 e. The topological polar surface area (TPSA) is 19.0 Å². The number of benzene rings is 1. The minimum absolute atomic E-state index is 1.14. The van der Waals surface area contributed by atoms with Gasteiger partial charge in [0.15, 0.2) is 0 Å². The van der Waals surface area contributed by atoms with Crippen molar-refractivity contribution >= 4 is 22.7 Å². The number of aromatic amines is 1. The number of thioether (sulfide) groups is 1. The highest BCUT2D eigenvalue weighted by atomic mass is 32.2. The van der Waals surface area contributed by atoms with E-state index in [1.807, 2.05) is 11.8 Å². The summed E-state index contributed by atoms with van der Waals surface area (Å²) in [6.45, 7) is 8.12. The molecule has 2 nitrogen and oxygen atoms in total. The first kappa shape index (κ1) is 15.5. The largest absolute Gasteiger partial charge is 0.361 e. The first-order valence-electron chi connectivity index (χ1n) is 7.64. The zero-order valence-corrected chi connectivity index (χ0v) is 13.7. The van der Waals surface area contributed by atoms with Crippen molar-refractivity contribution in [2.45, 2.75) is 38.0 Å². The minimum Gasteiger partial charge on any atom is -0.361 e. The second-order valence-electron chi connectivity index (χ2n) is 5.32. The molecule has 2 rings (SSSR count). The maximum absolute atomic E-state index is 3.40. The highest BCUT2D eigenvalue weighted by molar-refractivity contribution is 7.98. The number of aromatic nitrogens is 1. The summed E-state index contributed by atoms with van der Waals surface area (Å²) in [6, 6.07) is 6.70. The van der Waals surface area contributed by atoms with Gasteiger partial charge < -0.3 is 9.88 Å². The van der Waals surface area contributed by atoms with Crippen LogP contribution in [0.15, 0.2) is 29.3 Å². The molecule has 0 saturated carbocycles. The molecule has 0 aliphatic heterocycles. The van der Waals surface area contributed by atoms with Gasteiger partial charge in [0.2, 0.25) is 0 Å². The molecule has 20 heavy (non-hydrogen) atoms. The van der Waals surface area contributed by atoms with Crippen LogP contribution in [-0.2, 0) is 6.42 Å². The molecule has 0 aliphatic carbocycles.